The van der Waals surface area contributed by atoms with Gasteiger partial charge in [-0.1, -0.05) is 0 Å². The highest BCUT2D eigenvalue weighted by Crippen LogP contribution is 2.29. The molecule has 0 saturated heterocycles. The highest BCUT2D eigenvalue weighted by Gasteiger charge is 2.23. The molecular weight excluding hydrogens is 220 g/mol. The van der Waals surface area contributed by atoms with Crippen LogP contribution in [0.5, 0.6) is 11.5 Å². The molecule has 0 fully saturated rings. The van der Waals surface area contributed by atoms with E-state index in [1.165, 1.54) is 7.11 Å². The van der Waals surface area contributed by atoms with E-state index in [-0.39, 0.29) is 5.91 Å². The maximum atomic E-state index is 11.8. The van der Waals surface area contributed by atoms with Gasteiger partial charge in [0.15, 0.2) is 0 Å². The zero-order valence-electron chi connectivity index (χ0n) is 10.5. The predicted octanol–water partition coefficient (Wildman–Crippen LogP) is 1.38. The topological polar surface area (TPSA) is 73.6 Å². The molecule has 0 aliphatic heterocycles. The largest absolute Gasteiger partial charge is 0.497 e. The first-order valence-corrected chi connectivity index (χ1v) is 5.21. The van der Waals surface area contributed by atoms with Crippen LogP contribution >= 0.6 is 0 Å². The Balaban J connectivity index is 2.99. The fourth-order valence-corrected chi connectivity index (χ4v) is 1.20. The third-order valence-electron chi connectivity index (χ3n) is 2.24. The molecule has 0 atom stereocenters. The highest BCUT2D eigenvalue weighted by atomic mass is 16.5. The summed E-state index contributed by atoms with van der Waals surface area (Å²) in [5, 5.41) is 2.71. The summed E-state index contributed by atoms with van der Waals surface area (Å²) < 4.78 is 10.2. The molecule has 0 spiro atoms. The molecule has 1 amide bonds. The van der Waals surface area contributed by atoms with Crippen LogP contribution in [-0.2, 0) is 4.79 Å². The fourth-order valence-electron chi connectivity index (χ4n) is 1.20. The Hall–Kier alpha value is -1.75. The second kappa shape index (κ2) is 5.05. The summed E-state index contributed by atoms with van der Waals surface area (Å²) in [5.74, 6) is 0.906. The van der Waals surface area contributed by atoms with E-state index in [1.807, 2.05) is 0 Å². The summed E-state index contributed by atoms with van der Waals surface area (Å²) in [4.78, 5) is 11.8. The van der Waals surface area contributed by atoms with Crippen LogP contribution in [-0.4, -0.2) is 25.7 Å². The molecule has 0 bridgehead atoms. The van der Waals surface area contributed by atoms with Crippen molar-refractivity contribution in [3.63, 3.8) is 0 Å². The normalized spacial score (nSPS) is 10.9. The predicted molar refractivity (Wildman–Crippen MR) is 66.4 cm³/mol. The zero-order valence-corrected chi connectivity index (χ0v) is 10.5. The number of rotatable bonds is 4. The third-order valence-corrected chi connectivity index (χ3v) is 2.24. The van der Waals surface area contributed by atoms with Crippen LogP contribution in [0.1, 0.15) is 13.8 Å². The van der Waals surface area contributed by atoms with Crippen molar-refractivity contribution in [2.45, 2.75) is 19.4 Å². The quantitative estimate of drug-likeness (QED) is 0.831. The van der Waals surface area contributed by atoms with Gasteiger partial charge in [0, 0.05) is 6.07 Å². The molecule has 1 rings (SSSR count). The molecule has 5 heteroatoms. The summed E-state index contributed by atoms with van der Waals surface area (Å²) in [5.41, 5.74) is 5.29. The summed E-state index contributed by atoms with van der Waals surface area (Å²) >= 11 is 0. The molecule has 0 aliphatic rings. The maximum Gasteiger partial charge on any atom is 0.243 e. The number of methoxy groups -OCH3 is 2. The minimum absolute atomic E-state index is 0.288. The van der Waals surface area contributed by atoms with Gasteiger partial charge in [0.2, 0.25) is 5.91 Å². The Labute approximate surface area is 101 Å². The van der Waals surface area contributed by atoms with Gasteiger partial charge < -0.3 is 20.5 Å². The average Bonchev–Trinajstić information content (AvgIpc) is 2.27. The molecule has 0 unspecified atom stereocenters. The molecular formula is C12H18N2O3. The van der Waals surface area contributed by atoms with Crippen LogP contribution in [0.15, 0.2) is 18.2 Å². The lowest BCUT2D eigenvalue weighted by molar-refractivity contribution is -0.120. The van der Waals surface area contributed by atoms with Gasteiger partial charge in [-0.25, -0.2) is 0 Å². The van der Waals surface area contributed by atoms with Crippen molar-refractivity contribution in [3.05, 3.63) is 18.2 Å². The van der Waals surface area contributed by atoms with E-state index in [2.05, 4.69) is 5.32 Å². The van der Waals surface area contributed by atoms with Crippen LogP contribution < -0.4 is 20.5 Å². The number of hydrogen-bond acceptors (Lipinski definition) is 4. The van der Waals surface area contributed by atoms with Crippen molar-refractivity contribution >= 4 is 11.6 Å². The second-order valence-corrected chi connectivity index (χ2v) is 4.24. The molecule has 0 aliphatic carbocycles. The van der Waals surface area contributed by atoms with Gasteiger partial charge in [0.25, 0.3) is 0 Å². The minimum atomic E-state index is -0.950. The number of benzene rings is 1. The van der Waals surface area contributed by atoms with E-state index in [4.69, 9.17) is 15.2 Å². The Morgan fingerprint density at radius 2 is 1.94 bits per heavy atom. The van der Waals surface area contributed by atoms with Gasteiger partial charge in [0.05, 0.1) is 25.4 Å². The molecule has 1 aromatic carbocycles. The molecule has 0 heterocycles. The Kier molecular flexibility index (Phi) is 3.96. The average molecular weight is 238 g/mol. The van der Waals surface area contributed by atoms with Crippen LogP contribution in [0.2, 0.25) is 0 Å². The highest BCUT2D eigenvalue weighted by molar-refractivity contribution is 5.98. The van der Waals surface area contributed by atoms with Gasteiger partial charge >= 0.3 is 0 Å². The number of hydrogen-bond donors (Lipinski definition) is 2. The van der Waals surface area contributed by atoms with Crippen LogP contribution in [0.3, 0.4) is 0 Å². The molecule has 3 N–H and O–H groups in total. The Bertz CT molecular complexity index is 411. The van der Waals surface area contributed by atoms with Crippen molar-refractivity contribution in [3.8, 4) is 11.5 Å². The summed E-state index contributed by atoms with van der Waals surface area (Å²) in [6.45, 7) is 3.27. The van der Waals surface area contributed by atoms with Crippen molar-refractivity contribution in [1.29, 1.82) is 0 Å². The minimum Gasteiger partial charge on any atom is -0.497 e. The number of amides is 1. The number of nitrogens with two attached hydrogens (primary N) is 1. The SMILES string of the molecule is COc1ccc(OC)c(NC(=O)C(C)(C)N)c1. The molecule has 17 heavy (non-hydrogen) atoms. The molecule has 0 aromatic heterocycles. The van der Waals surface area contributed by atoms with E-state index in [9.17, 15) is 4.79 Å². The summed E-state index contributed by atoms with van der Waals surface area (Å²) in [6, 6.07) is 5.16. The molecule has 5 nitrogen and oxygen atoms in total. The number of carbonyl (C=O) groups excluding carboxylic acids is 1. The third kappa shape index (κ3) is 3.35. The van der Waals surface area contributed by atoms with Crippen LogP contribution in [0.25, 0.3) is 0 Å². The standard InChI is InChI=1S/C12H18N2O3/c1-12(2,13)11(15)14-9-7-8(16-3)5-6-10(9)17-4/h5-7H,13H2,1-4H3,(H,14,15). The van der Waals surface area contributed by atoms with E-state index >= 15 is 0 Å². The Morgan fingerprint density at radius 1 is 1.29 bits per heavy atom. The molecule has 94 valence electrons. The van der Waals surface area contributed by atoms with Crippen molar-refractivity contribution in [1.82, 2.24) is 0 Å². The lowest BCUT2D eigenvalue weighted by Gasteiger charge is -2.19. The first-order chi connectivity index (χ1) is 7.88. The number of ether oxygens (including phenoxy) is 2. The van der Waals surface area contributed by atoms with Crippen molar-refractivity contribution in [2.24, 2.45) is 5.73 Å². The maximum absolute atomic E-state index is 11.8. The zero-order chi connectivity index (χ0) is 13.1. The number of anilines is 1. The van der Waals surface area contributed by atoms with E-state index in [0.717, 1.165) is 0 Å². The lowest BCUT2D eigenvalue weighted by atomic mass is 10.1. The monoisotopic (exact) mass is 238 g/mol. The van der Waals surface area contributed by atoms with Gasteiger partial charge in [-0.3, -0.25) is 4.79 Å². The van der Waals surface area contributed by atoms with E-state index in [0.29, 0.717) is 17.2 Å². The van der Waals surface area contributed by atoms with Gasteiger partial charge in [-0.15, -0.1) is 0 Å². The van der Waals surface area contributed by atoms with Gasteiger partial charge in [-0.2, -0.15) is 0 Å². The molecule has 0 saturated carbocycles. The van der Waals surface area contributed by atoms with Gasteiger partial charge in [-0.05, 0) is 26.0 Å². The van der Waals surface area contributed by atoms with Crippen LogP contribution in [0, 0.1) is 0 Å². The molecule has 0 radical (unpaired) electrons. The second-order valence-electron chi connectivity index (χ2n) is 4.24. The molecule has 1 aromatic rings. The smallest absolute Gasteiger partial charge is 0.243 e. The summed E-state index contributed by atoms with van der Waals surface area (Å²) in [7, 11) is 3.09. The van der Waals surface area contributed by atoms with Gasteiger partial charge in [0.1, 0.15) is 11.5 Å². The Morgan fingerprint density at radius 3 is 2.41 bits per heavy atom. The first-order valence-electron chi connectivity index (χ1n) is 5.21. The van der Waals surface area contributed by atoms with Crippen LogP contribution in [0.4, 0.5) is 5.69 Å². The van der Waals surface area contributed by atoms with Crippen molar-refractivity contribution in [2.75, 3.05) is 19.5 Å². The van der Waals surface area contributed by atoms with E-state index in [1.54, 1.807) is 39.2 Å². The first kappa shape index (κ1) is 13.3. The van der Waals surface area contributed by atoms with E-state index < -0.39 is 5.54 Å². The number of carbonyl (C=O) groups is 1. The lowest BCUT2D eigenvalue weighted by Crippen LogP contribution is -2.45. The fraction of sp³-hybridized carbons (Fsp3) is 0.417. The van der Waals surface area contributed by atoms with Crippen molar-refractivity contribution < 1.29 is 14.3 Å². The summed E-state index contributed by atoms with van der Waals surface area (Å²) in [6.07, 6.45) is 0. The number of nitrogens with one attached hydrogen (secondary N) is 1.